The van der Waals surface area contributed by atoms with Gasteiger partial charge in [-0.2, -0.15) is 0 Å². The SMILES string of the molecule is CN(C)c1ccc([NH3+])s1. The van der Waals surface area contributed by atoms with Crippen molar-refractivity contribution in [3.63, 3.8) is 0 Å². The highest BCUT2D eigenvalue weighted by Gasteiger charge is 1.98. The lowest BCUT2D eigenvalue weighted by Gasteiger charge is -2.06. The van der Waals surface area contributed by atoms with Crippen LogP contribution in [0.1, 0.15) is 0 Å². The Bertz CT molecular complexity index is 193. The quantitative estimate of drug-likeness (QED) is 0.616. The minimum Gasteiger partial charge on any atom is -0.369 e. The van der Waals surface area contributed by atoms with E-state index in [1.165, 1.54) is 5.00 Å². The summed E-state index contributed by atoms with van der Waals surface area (Å²) in [7, 11) is 4.07. The molecule has 0 aliphatic rings. The van der Waals surface area contributed by atoms with Gasteiger partial charge in [0, 0.05) is 20.2 Å². The molecule has 0 saturated carbocycles. The molecular weight excluding hydrogens is 132 g/mol. The monoisotopic (exact) mass is 143 g/mol. The first-order valence-corrected chi connectivity index (χ1v) is 3.61. The second kappa shape index (κ2) is 2.37. The summed E-state index contributed by atoms with van der Waals surface area (Å²) in [5.74, 6) is 0. The molecule has 0 unspecified atom stereocenters. The molecule has 3 heteroatoms. The Morgan fingerprint density at radius 1 is 1.44 bits per heavy atom. The van der Waals surface area contributed by atoms with Crippen LogP contribution in [0.15, 0.2) is 12.1 Å². The molecule has 2 nitrogen and oxygen atoms in total. The standard InChI is InChI=1S/C6H10N2S/c1-8(2)6-4-3-5(7)9-6/h3-4H,7H2,1-2H3/p+1. The van der Waals surface area contributed by atoms with Crippen molar-refractivity contribution in [3.05, 3.63) is 12.1 Å². The normalized spacial score (nSPS) is 9.67. The highest BCUT2D eigenvalue weighted by molar-refractivity contribution is 7.19. The van der Waals surface area contributed by atoms with Crippen LogP contribution in [0, 0.1) is 0 Å². The minimum atomic E-state index is 1.12. The summed E-state index contributed by atoms with van der Waals surface area (Å²) in [6, 6.07) is 4.10. The average molecular weight is 143 g/mol. The summed E-state index contributed by atoms with van der Waals surface area (Å²) in [5.41, 5.74) is 3.82. The largest absolute Gasteiger partial charge is 0.369 e. The van der Waals surface area contributed by atoms with Gasteiger partial charge in [0.05, 0.1) is 5.00 Å². The van der Waals surface area contributed by atoms with Gasteiger partial charge in [-0.25, -0.2) is 0 Å². The molecule has 50 valence electrons. The van der Waals surface area contributed by atoms with Gasteiger partial charge in [0.1, 0.15) is 0 Å². The van der Waals surface area contributed by atoms with Gasteiger partial charge in [-0.1, -0.05) is 11.3 Å². The minimum absolute atomic E-state index is 1.12. The van der Waals surface area contributed by atoms with Crippen molar-refractivity contribution in [1.82, 2.24) is 0 Å². The van der Waals surface area contributed by atoms with E-state index in [-0.39, 0.29) is 0 Å². The molecule has 0 aliphatic carbocycles. The van der Waals surface area contributed by atoms with Gasteiger partial charge in [0.25, 0.3) is 0 Å². The molecule has 0 bridgehead atoms. The van der Waals surface area contributed by atoms with Gasteiger partial charge in [-0.3, -0.25) is 0 Å². The Hall–Kier alpha value is -0.540. The Balaban J connectivity index is 2.85. The zero-order chi connectivity index (χ0) is 6.85. The van der Waals surface area contributed by atoms with Crippen molar-refractivity contribution in [1.29, 1.82) is 0 Å². The molecule has 0 spiro atoms. The van der Waals surface area contributed by atoms with Crippen molar-refractivity contribution in [2.75, 3.05) is 19.0 Å². The summed E-state index contributed by atoms with van der Waals surface area (Å²) in [5, 5.41) is 2.39. The van der Waals surface area contributed by atoms with Crippen molar-refractivity contribution < 1.29 is 5.73 Å². The maximum absolute atomic E-state index is 3.82. The Kier molecular flexibility index (Phi) is 1.73. The first kappa shape index (κ1) is 6.58. The molecule has 0 amide bonds. The van der Waals surface area contributed by atoms with Crippen LogP contribution in [0.4, 0.5) is 10.0 Å². The molecule has 0 fully saturated rings. The Morgan fingerprint density at radius 2 is 2.11 bits per heavy atom. The predicted molar refractivity (Wildman–Crippen MR) is 41.2 cm³/mol. The summed E-state index contributed by atoms with van der Waals surface area (Å²) in [4.78, 5) is 2.08. The lowest BCUT2D eigenvalue weighted by Crippen LogP contribution is -2.38. The van der Waals surface area contributed by atoms with Gasteiger partial charge in [0.2, 0.25) is 0 Å². The van der Waals surface area contributed by atoms with Gasteiger partial charge in [-0.15, -0.1) is 0 Å². The van der Waals surface area contributed by atoms with E-state index in [0.29, 0.717) is 0 Å². The van der Waals surface area contributed by atoms with Gasteiger partial charge in [-0.05, 0) is 6.07 Å². The number of nitrogens with zero attached hydrogens (tertiary/aromatic N) is 1. The highest BCUT2D eigenvalue weighted by Crippen LogP contribution is 2.23. The zero-order valence-electron chi connectivity index (χ0n) is 5.72. The molecule has 1 aromatic rings. The zero-order valence-corrected chi connectivity index (χ0v) is 6.53. The summed E-state index contributed by atoms with van der Waals surface area (Å²) in [6.07, 6.45) is 0. The number of thiophene rings is 1. The third-order valence-corrected chi connectivity index (χ3v) is 2.20. The highest BCUT2D eigenvalue weighted by atomic mass is 32.1. The Morgan fingerprint density at radius 3 is 2.33 bits per heavy atom. The summed E-state index contributed by atoms with van der Waals surface area (Å²) in [6.45, 7) is 0. The van der Waals surface area contributed by atoms with Crippen LogP contribution in [0.3, 0.4) is 0 Å². The van der Waals surface area contributed by atoms with E-state index in [9.17, 15) is 0 Å². The van der Waals surface area contributed by atoms with E-state index in [1.807, 2.05) is 20.2 Å². The summed E-state index contributed by atoms with van der Waals surface area (Å²) >= 11 is 1.71. The lowest BCUT2D eigenvalue weighted by atomic mass is 10.6. The first-order valence-electron chi connectivity index (χ1n) is 2.79. The number of quaternary nitrogens is 1. The van der Waals surface area contributed by atoms with Crippen LogP contribution < -0.4 is 10.6 Å². The molecule has 1 heterocycles. The molecule has 1 aromatic heterocycles. The fourth-order valence-corrected chi connectivity index (χ4v) is 1.33. The lowest BCUT2D eigenvalue weighted by molar-refractivity contribution is -0.248. The van der Waals surface area contributed by atoms with Crippen LogP contribution >= 0.6 is 11.3 Å². The third kappa shape index (κ3) is 1.43. The second-order valence-electron chi connectivity index (χ2n) is 2.13. The molecule has 3 N–H and O–H groups in total. The van der Waals surface area contributed by atoms with E-state index >= 15 is 0 Å². The fraction of sp³-hybridized carbons (Fsp3) is 0.333. The second-order valence-corrected chi connectivity index (χ2v) is 3.28. The van der Waals surface area contributed by atoms with E-state index in [4.69, 9.17) is 0 Å². The van der Waals surface area contributed by atoms with Gasteiger partial charge < -0.3 is 10.6 Å². The van der Waals surface area contributed by atoms with Crippen LogP contribution in [-0.4, -0.2) is 14.1 Å². The molecule has 0 radical (unpaired) electrons. The number of hydrogen-bond acceptors (Lipinski definition) is 2. The van der Waals surface area contributed by atoms with E-state index in [1.54, 1.807) is 11.3 Å². The molecular formula is C6H11N2S+. The van der Waals surface area contributed by atoms with Crippen molar-refractivity contribution in [2.24, 2.45) is 0 Å². The van der Waals surface area contributed by atoms with E-state index < -0.39 is 0 Å². The topological polar surface area (TPSA) is 30.9 Å². The van der Waals surface area contributed by atoms with Crippen LogP contribution in [0.25, 0.3) is 0 Å². The van der Waals surface area contributed by atoms with Crippen LogP contribution in [-0.2, 0) is 0 Å². The summed E-state index contributed by atoms with van der Waals surface area (Å²) < 4.78 is 0. The van der Waals surface area contributed by atoms with Crippen LogP contribution in [0.5, 0.6) is 0 Å². The average Bonchev–Trinajstić information content (AvgIpc) is 2.14. The Labute approximate surface area is 58.9 Å². The number of rotatable bonds is 1. The van der Waals surface area contributed by atoms with Crippen molar-refractivity contribution in [3.8, 4) is 0 Å². The third-order valence-electron chi connectivity index (χ3n) is 1.09. The number of anilines is 1. The van der Waals surface area contributed by atoms with Crippen molar-refractivity contribution >= 4 is 21.3 Å². The number of hydrogen-bond donors (Lipinski definition) is 1. The molecule has 9 heavy (non-hydrogen) atoms. The predicted octanol–water partition coefficient (Wildman–Crippen LogP) is 0.688. The molecule has 0 atom stereocenters. The smallest absolute Gasteiger partial charge is 0.185 e. The van der Waals surface area contributed by atoms with E-state index in [2.05, 4.69) is 16.7 Å². The van der Waals surface area contributed by atoms with E-state index in [0.717, 1.165) is 5.00 Å². The first-order chi connectivity index (χ1) is 4.20. The fourth-order valence-electron chi connectivity index (χ4n) is 0.607. The van der Waals surface area contributed by atoms with Crippen LogP contribution in [0.2, 0.25) is 0 Å². The molecule has 1 rings (SSSR count). The van der Waals surface area contributed by atoms with Gasteiger partial charge in [0.15, 0.2) is 5.00 Å². The molecule has 0 aromatic carbocycles. The van der Waals surface area contributed by atoms with Crippen molar-refractivity contribution in [2.45, 2.75) is 0 Å². The maximum Gasteiger partial charge on any atom is 0.185 e. The van der Waals surface area contributed by atoms with Gasteiger partial charge >= 0.3 is 0 Å². The molecule has 0 saturated heterocycles. The maximum atomic E-state index is 3.82. The molecule has 0 aliphatic heterocycles.